The highest BCUT2D eigenvalue weighted by atomic mass is 16.6. The van der Waals surface area contributed by atoms with Gasteiger partial charge in [0.2, 0.25) is 0 Å². The molecule has 0 spiro atoms. The molecule has 0 atom stereocenters. The van der Waals surface area contributed by atoms with Crippen molar-refractivity contribution in [3.63, 3.8) is 0 Å². The van der Waals surface area contributed by atoms with Crippen LogP contribution in [0.1, 0.15) is 39.2 Å². The highest BCUT2D eigenvalue weighted by Gasteiger charge is 2.31. The quantitative estimate of drug-likeness (QED) is 0.872. The summed E-state index contributed by atoms with van der Waals surface area (Å²) >= 11 is 0. The summed E-state index contributed by atoms with van der Waals surface area (Å²) in [5, 5.41) is 10.5. The molecule has 1 aromatic heterocycles. The smallest absolute Gasteiger partial charge is 0.407 e. The lowest BCUT2D eigenvalue weighted by atomic mass is 9.87. The fourth-order valence-corrected chi connectivity index (χ4v) is 2.21. The normalized spacial score (nSPS) is 21.5. The van der Waals surface area contributed by atoms with Crippen molar-refractivity contribution in [2.24, 2.45) is 0 Å². The third kappa shape index (κ3) is 4.90. The molecule has 0 saturated heterocycles. The molecule has 0 aromatic carbocycles. The predicted molar refractivity (Wildman–Crippen MR) is 81.6 cm³/mol. The Hall–Kier alpha value is -1.82. The molecule has 1 aromatic rings. The second kappa shape index (κ2) is 6.30. The van der Waals surface area contributed by atoms with Crippen LogP contribution in [0, 0.1) is 0 Å². The minimum atomic E-state index is -0.448. The number of nitrogens with one attached hydrogen (secondary N) is 2. The Kier molecular flexibility index (Phi) is 4.67. The van der Waals surface area contributed by atoms with Crippen molar-refractivity contribution < 1.29 is 9.53 Å². The monoisotopic (exact) mass is 292 g/mol. The Morgan fingerprint density at radius 3 is 2.81 bits per heavy atom. The molecule has 6 heteroatoms. The average Bonchev–Trinajstić information content (AvgIpc) is 2.77. The van der Waals surface area contributed by atoms with Gasteiger partial charge >= 0.3 is 6.09 Å². The zero-order valence-electron chi connectivity index (χ0n) is 12.9. The van der Waals surface area contributed by atoms with Crippen LogP contribution in [0.4, 0.5) is 4.79 Å². The molecular formula is C15H24N4O2. The molecule has 1 amide bonds. The van der Waals surface area contributed by atoms with Gasteiger partial charge < -0.3 is 15.4 Å². The van der Waals surface area contributed by atoms with E-state index in [1.165, 1.54) is 0 Å². The Morgan fingerprint density at radius 1 is 1.52 bits per heavy atom. The van der Waals surface area contributed by atoms with Gasteiger partial charge in [0, 0.05) is 36.6 Å². The van der Waals surface area contributed by atoms with E-state index in [-0.39, 0.29) is 12.1 Å². The first-order valence-corrected chi connectivity index (χ1v) is 7.24. The van der Waals surface area contributed by atoms with Crippen LogP contribution >= 0.6 is 0 Å². The summed E-state index contributed by atoms with van der Waals surface area (Å²) in [6.45, 7) is 10.0. The molecule has 1 heterocycles. The lowest BCUT2D eigenvalue weighted by molar-refractivity contribution is 0.0465. The minimum absolute atomic E-state index is 0.202. The molecule has 0 radical (unpaired) electrons. The van der Waals surface area contributed by atoms with Crippen molar-refractivity contribution in [1.29, 1.82) is 0 Å². The first kappa shape index (κ1) is 15.6. The van der Waals surface area contributed by atoms with Gasteiger partial charge in [0.25, 0.3) is 0 Å². The molecule has 0 unspecified atom stereocenters. The number of hydrogen-bond donors (Lipinski definition) is 2. The molecular weight excluding hydrogens is 268 g/mol. The van der Waals surface area contributed by atoms with Crippen LogP contribution in [0.25, 0.3) is 6.20 Å². The zero-order valence-corrected chi connectivity index (χ0v) is 12.9. The van der Waals surface area contributed by atoms with Crippen LogP contribution in [0.15, 0.2) is 19.0 Å². The second-order valence-electron chi connectivity index (χ2n) is 6.40. The number of hydrogen-bond acceptors (Lipinski definition) is 4. The Morgan fingerprint density at radius 2 is 2.24 bits per heavy atom. The Labute approximate surface area is 125 Å². The molecule has 0 aliphatic heterocycles. The standard InChI is InChI=1S/C15H24N4O2/c1-5-19-10-11(9-17-19)8-16-12-6-13(7-12)18-14(20)21-15(2,3)4/h5,9-10,12-13,16H,1,6-8H2,2-4H3,(H,18,20). The van der Waals surface area contributed by atoms with Crippen molar-refractivity contribution in [2.45, 2.75) is 57.8 Å². The highest BCUT2D eigenvalue weighted by Crippen LogP contribution is 2.21. The summed E-state index contributed by atoms with van der Waals surface area (Å²) in [5.41, 5.74) is 0.676. The van der Waals surface area contributed by atoms with Crippen molar-refractivity contribution >= 4 is 12.3 Å². The van der Waals surface area contributed by atoms with Crippen molar-refractivity contribution in [1.82, 2.24) is 20.4 Å². The van der Waals surface area contributed by atoms with Gasteiger partial charge in [-0.1, -0.05) is 6.58 Å². The number of carbonyl (C=O) groups excluding carboxylic acids is 1. The molecule has 21 heavy (non-hydrogen) atoms. The second-order valence-corrected chi connectivity index (χ2v) is 6.40. The summed E-state index contributed by atoms with van der Waals surface area (Å²) in [6, 6.07) is 0.630. The van der Waals surface area contributed by atoms with Gasteiger partial charge in [-0.15, -0.1) is 0 Å². The largest absolute Gasteiger partial charge is 0.444 e. The van der Waals surface area contributed by atoms with E-state index in [9.17, 15) is 4.79 Å². The first-order valence-electron chi connectivity index (χ1n) is 7.24. The van der Waals surface area contributed by atoms with E-state index in [1.807, 2.05) is 33.2 Å². The molecule has 6 nitrogen and oxygen atoms in total. The summed E-state index contributed by atoms with van der Waals surface area (Å²) in [7, 11) is 0. The van der Waals surface area contributed by atoms with Crippen LogP contribution in [-0.4, -0.2) is 33.6 Å². The van der Waals surface area contributed by atoms with Gasteiger partial charge in [-0.05, 0) is 33.6 Å². The van der Waals surface area contributed by atoms with Crippen LogP contribution in [0.3, 0.4) is 0 Å². The zero-order chi connectivity index (χ0) is 15.5. The lowest BCUT2D eigenvalue weighted by Crippen LogP contribution is -2.52. The molecule has 1 saturated carbocycles. The average molecular weight is 292 g/mol. The Balaban J connectivity index is 1.63. The maximum absolute atomic E-state index is 11.6. The van der Waals surface area contributed by atoms with E-state index in [0.717, 1.165) is 24.9 Å². The van der Waals surface area contributed by atoms with E-state index < -0.39 is 5.60 Å². The number of nitrogens with zero attached hydrogens (tertiary/aromatic N) is 2. The van der Waals surface area contributed by atoms with Gasteiger partial charge in [0.15, 0.2) is 0 Å². The third-order valence-electron chi connectivity index (χ3n) is 3.30. The number of rotatable bonds is 5. The number of carbonyl (C=O) groups is 1. The number of amides is 1. The van der Waals surface area contributed by atoms with Crippen LogP contribution in [0.2, 0.25) is 0 Å². The molecule has 1 fully saturated rings. The predicted octanol–water partition coefficient (Wildman–Crippen LogP) is 2.13. The van der Waals surface area contributed by atoms with Gasteiger partial charge in [0.1, 0.15) is 5.60 Å². The van der Waals surface area contributed by atoms with Gasteiger partial charge in [-0.25, -0.2) is 9.48 Å². The van der Waals surface area contributed by atoms with Crippen molar-refractivity contribution in [3.8, 4) is 0 Å². The van der Waals surface area contributed by atoms with Crippen molar-refractivity contribution in [3.05, 3.63) is 24.5 Å². The van der Waals surface area contributed by atoms with E-state index in [0.29, 0.717) is 6.04 Å². The van der Waals surface area contributed by atoms with Gasteiger partial charge in [-0.3, -0.25) is 0 Å². The highest BCUT2D eigenvalue weighted by molar-refractivity contribution is 5.68. The lowest BCUT2D eigenvalue weighted by Gasteiger charge is -2.36. The van der Waals surface area contributed by atoms with E-state index in [1.54, 1.807) is 10.9 Å². The van der Waals surface area contributed by atoms with Crippen LogP contribution < -0.4 is 10.6 Å². The third-order valence-corrected chi connectivity index (χ3v) is 3.30. The fourth-order valence-electron chi connectivity index (χ4n) is 2.21. The van der Waals surface area contributed by atoms with Crippen LogP contribution in [-0.2, 0) is 11.3 Å². The summed E-state index contributed by atoms with van der Waals surface area (Å²) in [6.07, 6.45) is 6.94. The molecule has 0 bridgehead atoms. The molecule has 1 aliphatic carbocycles. The fraction of sp³-hybridized carbons (Fsp3) is 0.600. The SMILES string of the molecule is C=Cn1cc(CNC2CC(NC(=O)OC(C)(C)C)C2)cn1. The van der Waals surface area contributed by atoms with Gasteiger partial charge in [-0.2, -0.15) is 5.10 Å². The number of alkyl carbamates (subject to hydrolysis) is 1. The number of ether oxygens (including phenoxy) is 1. The molecule has 2 N–H and O–H groups in total. The molecule has 1 aliphatic rings. The van der Waals surface area contributed by atoms with E-state index in [2.05, 4.69) is 22.3 Å². The maximum Gasteiger partial charge on any atom is 0.407 e. The summed E-state index contributed by atoms with van der Waals surface area (Å²) in [5.74, 6) is 0. The number of aromatic nitrogens is 2. The van der Waals surface area contributed by atoms with E-state index >= 15 is 0 Å². The maximum atomic E-state index is 11.6. The molecule has 116 valence electrons. The molecule has 2 rings (SSSR count). The van der Waals surface area contributed by atoms with Gasteiger partial charge in [0.05, 0.1) is 6.20 Å². The summed E-state index contributed by atoms with van der Waals surface area (Å²) < 4.78 is 6.92. The van der Waals surface area contributed by atoms with Crippen LogP contribution in [0.5, 0.6) is 0 Å². The Bertz CT molecular complexity index is 498. The van der Waals surface area contributed by atoms with Crippen molar-refractivity contribution in [2.75, 3.05) is 0 Å². The van der Waals surface area contributed by atoms with E-state index in [4.69, 9.17) is 4.74 Å². The topological polar surface area (TPSA) is 68.2 Å². The summed E-state index contributed by atoms with van der Waals surface area (Å²) in [4.78, 5) is 11.6. The first-order chi connectivity index (χ1) is 9.85. The minimum Gasteiger partial charge on any atom is -0.444 e.